The van der Waals surface area contributed by atoms with Crippen molar-refractivity contribution in [1.82, 2.24) is 8.75 Å². The zero-order valence-electron chi connectivity index (χ0n) is 10.6. The maximum absolute atomic E-state index is 6.25. The third-order valence-electron chi connectivity index (χ3n) is 3.05. The van der Waals surface area contributed by atoms with Crippen molar-refractivity contribution >= 4 is 57.0 Å². The van der Waals surface area contributed by atoms with Gasteiger partial charge in [-0.25, -0.2) is 0 Å². The van der Waals surface area contributed by atoms with Crippen LogP contribution in [0.2, 0.25) is 5.02 Å². The topological polar surface area (TPSA) is 50.2 Å². The quantitative estimate of drug-likeness (QED) is 0.914. The zero-order chi connectivity index (χ0) is 13.4. The molecule has 0 radical (unpaired) electrons. The Bertz CT molecular complexity index is 638. The van der Waals surface area contributed by atoms with Crippen molar-refractivity contribution in [3.63, 3.8) is 0 Å². The van der Waals surface area contributed by atoms with Gasteiger partial charge >= 0.3 is 0 Å². The molecule has 1 N–H and O–H groups in total. The van der Waals surface area contributed by atoms with Gasteiger partial charge in [-0.1, -0.05) is 37.2 Å². The molecule has 100 valence electrons. The number of anilines is 1. The molecular weight excluding hydrogens is 300 g/mol. The van der Waals surface area contributed by atoms with Crippen molar-refractivity contribution in [2.75, 3.05) is 11.1 Å². The highest BCUT2D eigenvalue weighted by molar-refractivity contribution is 8.14. The molecule has 0 aliphatic carbocycles. The molecule has 3 rings (SSSR count). The number of hydrogen-bond donors (Lipinski definition) is 1. The minimum atomic E-state index is 0.374. The van der Waals surface area contributed by atoms with Crippen LogP contribution < -0.4 is 5.32 Å². The van der Waals surface area contributed by atoms with Gasteiger partial charge in [-0.3, -0.25) is 4.99 Å². The summed E-state index contributed by atoms with van der Waals surface area (Å²) in [6.07, 6.45) is 0. The average molecular weight is 313 g/mol. The summed E-state index contributed by atoms with van der Waals surface area (Å²) in [7, 11) is 0. The van der Waals surface area contributed by atoms with Crippen LogP contribution in [-0.2, 0) is 0 Å². The molecule has 0 fully saturated rings. The first-order chi connectivity index (χ1) is 9.15. The van der Waals surface area contributed by atoms with Gasteiger partial charge in [-0.2, -0.15) is 8.75 Å². The molecule has 4 nitrogen and oxygen atoms in total. The molecule has 0 saturated heterocycles. The van der Waals surface area contributed by atoms with E-state index in [0.29, 0.717) is 17.0 Å². The van der Waals surface area contributed by atoms with Crippen LogP contribution in [0.5, 0.6) is 0 Å². The lowest BCUT2D eigenvalue weighted by molar-refractivity contribution is 0.543. The molecule has 1 aromatic carbocycles. The fraction of sp³-hybridized carbons (Fsp3) is 0.417. The fourth-order valence-corrected chi connectivity index (χ4v) is 3.77. The Hall–Kier alpha value is -0.850. The monoisotopic (exact) mass is 312 g/mol. The second-order valence-electron chi connectivity index (χ2n) is 4.74. The second kappa shape index (κ2) is 5.26. The number of benzene rings is 1. The largest absolute Gasteiger partial charge is 0.332 e. The fourth-order valence-electron chi connectivity index (χ4n) is 1.85. The highest BCUT2D eigenvalue weighted by Gasteiger charge is 2.22. The van der Waals surface area contributed by atoms with Gasteiger partial charge in [0.05, 0.1) is 28.5 Å². The van der Waals surface area contributed by atoms with Gasteiger partial charge in [-0.15, -0.1) is 0 Å². The lowest BCUT2D eigenvalue weighted by Gasteiger charge is -2.08. The van der Waals surface area contributed by atoms with Crippen molar-refractivity contribution < 1.29 is 0 Å². The second-order valence-corrected chi connectivity index (χ2v) is 6.68. The SMILES string of the molecule is CC(C)[C@H]1CSC(Nc2c(Cl)ccc3nsnc23)=N1. The molecule has 2 heterocycles. The number of fused-ring (bicyclic) bond motifs is 1. The van der Waals surface area contributed by atoms with Crippen molar-refractivity contribution in [3.8, 4) is 0 Å². The number of aromatic nitrogens is 2. The smallest absolute Gasteiger partial charge is 0.161 e. The number of halogens is 1. The third-order valence-corrected chi connectivity index (χ3v) is 4.90. The number of nitrogens with zero attached hydrogens (tertiary/aromatic N) is 3. The maximum atomic E-state index is 6.25. The summed E-state index contributed by atoms with van der Waals surface area (Å²) in [6, 6.07) is 4.10. The van der Waals surface area contributed by atoms with Crippen molar-refractivity contribution in [2.45, 2.75) is 19.9 Å². The predicted molar refractivity (Wildman–Crippen MR) is 84.6 cm³/mol. The van der Waals surface area contributed by atoms with Gasteiger partial charge in [0.15, 0.2) is 5.17 Å². The van der Waals surface area contributed by atoms with E-state index in [1.54, 1.807) is 11.8 Å². The minimum Gasteiger partial charge on any atom is -0.332 e. The molecular formula is C12H13ClN4S2. The van der Waals surface area contributed by atoms with E-state index in [1.807, 2.05) is 12.1 Å². The number of nitrogens with one attached hydrogen (secondary N) is 1. The van der Waals surface area contributed by atoms with Gasteiger partial charge in [-0.05, 0) is 18.1 Å². The van der Waals surface area contributed by atoms with Gasteiger partial charge in [0.2, 0.25) is 0 Å². The lowest BCUT2D eigenvalue weighted by Crippen LogP contribution is -2.12. The summed E-state index contributed by atoms with van der Waals surface area (Å²) >= 11 is 9.17. The van der Waals surface area contributed by atoms with Crippen LogP contribution in [0.4, 0.5) is 5.69 Å². The Morgan fingerprint density at radius 1 is 1.37 bits per heavy atom. The Kier molecular flexibility index (Phi) is 3.64. The number of amidine groups is 1. The Morgan fingerprint density at radius 3 is 2.95 bits per heavy atom. The molecule has 0 saturated carbocycles. The van der Waals surface area contributed by atoms with E-state index in [0.717, 1.165) is 27.6 Å². The Labute approximate surface area is 125 Å². The molecule has 1 atom stereocenters. The molecule has 0 spiro atoms. The van der Waals surface area contributed by atoms with Crippen LogP contribution in [0.3, 0.4) is 0 Å². The molecule has 0 amide bonds. The Morgan fingerprint density at radius 2 is 2.21 bits per heavy atom. The van der Waals surface area contributed by atoms with Crippen LogP contribution in [0.15, 0.2) is 17.1 Å². The summed E-state index contributed by atoms with van der Waals surface area (Å²) in [4.78, 5) is 4.68. The third kappa shape index (κ3) is 2.57. The maximum Gasteiger partial charge on any atom is 0.161 e. The molecule has 2 aromatic rings. The van der Waals surface area contributed by atoms with E-state index in [1.165, 1.54) is 11.7 Å². The van der Waals surface area contributed by atoms with Crippen molar-refractivity contribution in [3.05, 3.63) is 17.2 Å². The number of hydrogen-bond acceptors (Lipinski definition) is 6. The first kappa shape index (κ1) is 13.1. The average Bonchev–Trinajstić information content (AvgIpc) is 3.01. The molecule has 1 aliphatic heterocycles. The van der Waals surface area contributed by atoms with E-state index >= 15 is 0 Å². The minimum absolute atomic E-state index is 0.374. The molecule has 1 aliphatic rings. The summed E-state index contributed by atoms with van der Waals surface area (Å²) in [5.41, 5.74) is 2.48. The van der Waals surface area contributed by atoms with Crippen LogP contribution in [-0.4, -0.2) is 25.7 Å². The van der Waals surface area contributed by atoms with E-state index in [2.05, 4.69) is 32.9 Å². The Balaban J connectivity index is 1.92. The number of rotatable bonds is 2. The standard InChI is InChI=1S/C12H13ClN4S2/c1-6(2)9-5-18-12(14-9)15-10-7(13)3-4-8-11(10)17-19-16-8/h3-4,6,9H,5H2,1-2H3,(H,14,15)/t9-/m1/s1. The zero-order valence-corrected chi connectivity index (χ0v) is 12.9. The predicted octanol–water partition coefficient (Wildman–Crippen LogP) is 3.88. The number of aliphatic imine (C=N–C) groups is 1. The van der Waals surface area contributed by atoms with Gasteiger partial charge < -0.3 is 5.32 Å². The highest BCUT2D eigenvalue weighted by atomic mass is 35.5. The van der Waals surface area contributed by atoms with E-state index in [4.69, 9.17) is 11.6 Å². The summed E-state index contributed by atoms with van der Waals surface area (Å²) in [5, 5.41) is 4.88. The molecule has 7 heteroatoms. The van der Waals surface area contributed by atoms with Gasteiger partial charge in [0.1, 0.15) is 11.0 Å². The first-order valence-corrected chi connectivity index (χ1v) is 8.13. The lowest BCUT2D eigenvalue weighted by atomic mass is 10.1. The molecule has 19 heavy (non-hydrogen) atoms. The number of thioether (sulfide) groups is 1. The van der Waals surface area contributed by atoms with E-state index < -0.39 is 0 Å². The van der Waals surface area contributed by atoms with Crippen molar-refractivity contribution in [1.29, 1.82) is 0 Å². The molecule has 1 aromatic heterocycles. The van der Waals surface area contributed by atoms with Crippen molar-refractivity contribution in [2.24, 2.45) is 10.9 Å². The summed E-state index contributed by atoms with van der Waals surface area (Å²) in [5.74, 6) is 1.57. The van der Waals surface area contributed by atoms with Gasteiger partial charge in [0, 0.05) is 5.75 Å². The van der Waals surface area contributed by atoms with Crippen LogP contribution in [0.25, 0.3) is 11.0 Å². The van der Waals surface area contributed by atoms with E-state index in [9.17, 15) is 0 Å². The summed E-state index contributed by atoms with van der Waals surface area (Å²) < 4.78 is 8.52. The molecule has 0 bridgehead atoms. The van der Waals surface area contributed by atoms with Crippen LogP contribution in [0, 0.1) is 5.92 Å². The van der Waals surface area contributed by atoms with E-state index in [-0.39, 0.29) is 0 Å². The first-order valence-electron chi connectivity index (χ1n) is 6.03. The van der Waals surface area contributed by atoms with Crippen LogP contribution >= 0.6 is 35.1 Å². The normalized spacial score (nSPS) is 19.2. The van der Waals surface area contributed by atoms with Crippen LogP contribution in [0.1, 0.15) is 13.8 Å². The summed E-state index contributed by atoms with van der Waals surface area (Å²) in [6.45, 7) is 4.38. The molecule has 0 unspecified atom stereocenters. The van der Waals surface area contributed by atoms with Gasteiger partial charge in [0.25, 0.3) is 0 Å². The highest BCUT2D eigenvalue weighted by Crippen LogP contribution is 2.32.